The fraction of sp³-hybridized carbons (Fsp3) is 0.450. The number of piperidine rings is 1. The highest BCUT2D eigenvalue weighted by Gasteiger charge is 2.45. The number of nitrogens with zero attached hydrogens (tertiary/aromatic N) is 2. The number of nitrogens with one attached hydrogen (secondary N) is 1. The number of aromatic nitrogens is 2. The van der Waals surface area contributed by atoms with Crippen LogP contribution in [0.5, 0.6) is 0 Å². The van der Waals surface area contributed by atoms with E-state index in [0.29, 0.717) is 30.6 Å². The SMILES string of the molecule is CCOC(=O)C1(Cc2ccccc2F)CCCN(C(=O)c2cc(C)[nH]n2)C1. The van der Waals surface area contributed by atoms with Crippen molar-refractivity contribution in [1.82, 2.24) is 15.1 Å². The quantitative estimate of drug-likeness (QED) is 0.818. The van der Waals surface area contributed by atoms with Gasteiger partial charge in [0.2, 0.25) is 0 Å². The molecule has 0 aliphatic carbocycles. The molecule has 1 aliphatic rings. The third-order valence-electron chi connectivity index (χ3n) is 4.98. The molecule has 3 rings (SSSR count). The van der Waals surface area contributed by atoms with E-state index < -0.39 is 5.41 Å². The molecule has 0 saturated carbocycles. The van der Waals surface area contributed by atoms with Crippen molar-refractivity contribution in [2.24, 2.45) is 5.41 Å². The van der Waals surface area contributed by atoms with Gasteiger partial charge < -0.3 is 9.64 Å². The molecule has 0 bridgehead atoms. The van der Waals surface area contributed by atoms with E-state index in [-0.39, 0.29) is 37.3 Å². The second-order valence-electron chi connectivity index (χ2n) is 7.04. The number of esters is 1. The maximum absolute atomic E-state index is 14.2. The molecule has 2 aromatic rings. The van der Waals surface area contributed by atoms with Gasteiger partial charge in [0.25, 0.3) is 5.91 Å². The normalized spacial score (nSPS) is 19.7. The van der Waals surface area contributed by atoms with Crippen LogP contribution in [0, 0.1) is 18.2 Å². The lowest BCUT2D eigenvalue weighted by molar-refractivity contribution is -0.158. The van der Waals surface area contributed by atoms with Crippen molar-refractivity contribution >= 4 is 11.9 Å². The van der Waals surface area contributed by atoms with E-state index in [0.717, 1.165) is 5.69 Å². The first-order chi connectivity index (χ1) is 12.9. The number of halogens is 1. The van der Waals surface area contributed by atoms with Gasteiger partial charge in [-0.2, -0.15) is 5.10 Å². The number of aryl methyl sites for hydroxylation is 1. The molecule has 27 heavy (non-hydrogen) atoms. The van der Waals surface area contributed by atoms with Crippen LogP contribution in [0.25, 0.3) is 0 Å². The third kappa shape index (κ3) is 4.02. The minimum atomic E-state index is -0.961. The van der Waals surface area contributed by atoms with E-state index in [1.807, 2.05) is 6.92 Å². The highest BCUT2D eigenvalue weighted by atomic mass is 19.1. The van der Waals surface area contributed by atoms with Crippen molar-refractivity contribution < 1.29 is 18.7 Å². The number of aromatic amines is 1. The maximum Gasteiger partial charge on any atom is 0.314 e. The number of hydrogen-bond donors (Lipinski definition) is 1. The molecule has 6 nitrogen and oxygen atoms in total. The van der Waals surface area contributed by atoms with Gasteiger partial charge in [0.1, 0.15) is 11.5 Å². The summed E-state index contributed by atoms with van der Waals surface area (Å²) in [6, 6.07) is 8.10. The average Bonchev–Trinajstić information content (AvgIpc) is 3.10. The summed E-state index contributed by atoms with van der Waals surface area (Å²) in [6.07, 6.45) is 1.38. The number of ether oxygens (including phenoxy) is 1. The smallest absolute Gasteiger partial charge is 0.314 e. The molecule has 1 aliphatic heterocycles. The van der Waals surface area contributed by atoms with Gasteiger partial charge in [-0.15, -0.1) is 0 Å². The number of carbonyl (C=O) groups excluding carboxylic acids is 2. The first-order valence-electron chi connectivity index (χ1n) is 9.17. The van der Waals surface area contributed by atoms with Gasteiger partial charge in [-0.25, -0.2) is 4.39 Å². The van der Waals surface area contributed by atoms with Gasteiger partial charge in [0, 0.05) is 18.8 Å². The van der Waals surface area contributed by atoms with Gasteiger partial charge in [-0.1, -0.05) is 18.2 Å². The third-order valence-corrected chi connectivity index (χ3v) is 4.98. The zero-order valence-corrected chi connectivity index (χ0v) is 15.6. The van der Waals surface area contributed by atoms with E-state index in [2.05, 4.69) is 10.2 Å². The number of carbonyl (C=O) groups is 2. The summed E-state index contributed by atoms with van der Waals surface area (Å²) in [7, 11) is 0. The van der Waals surface area contributed by atoms with Gasteiger partial charge in [-0.05, 0) is 50.8 Å². The predicted octanol–water partition coefficient (Wildman–Crippen LogP) is 2.89. The highest BCUT2D eigenvalue weighted by Crippen LogP contribution is 2.36. The molecule has 1 fully saturated rings. The Bertz CT molecular complexity index is 835. The van der Waals surface area contributed by atoms with E-state index in [1.54, 1.807) is 36.1 Å². The summed E-state index contributed by atoms with van der Waals surface area (Å²) in [6.45, 7) is 4.52. The zero-order chi connectivity index (χ0) is 19.4. The van der Waals surface area contributed by atoms with E-state index >= 15 is 0 Å². The number of rotatable bonds is 5. The molecule has 0 radical (unpaired) electrons. The summed E-state index contributed by atoms with van der Waals surface area (Å²) in [5.74, 6) is -0.974. The van der Waals surface area contributed by atoms with Crippen LogP contribution in [0.3, 0.4) is 0 Å². The van der Waals surface area contributed by atoms with Crippen molar-refractivity contribution in [2.75, 3.05) is 19.7 Å². The topological polar surface area (TPSA) is 75.3 Å². The van der Waals surface area contributed by atoms with Gasteiger partial charge in [-0.3, -0.25) is 14.7 Å². The second kappa shape index (κ2) is 7.90. The Hall–Kier alpha value is -2.70. The molecule has 1 aromatic carbocycles. The number of likely N-dealkylation sites (tertiary alicyclic amines) is 1. The Morgan fingerprint density at radius 3 is 2.81 bits per heavy atom. The largest absolute Gasteiger partial charge is 0.466 e. The number of H-pyrrole nitrogens is 1. The first-order valence-corrected chi connectivity index (χ1v) is 9.17. The van der Waals surface area contributed by atoms with Crippen LogP contribution in [-0.2, 0) is 16.0 Å². The van der Waals surface area contributed by atoms with Crippen molar-refractivity contribution in [3.05, 3.63) is 53.1 Å². The van der Waals surface area contributed by atoms with Crippen LogP contribution in [0.15, 0.2) is 30.3 Å². The second-order valence-corrected chi connectivity index (χ2v) is 7.04. The van der Waals surface area contributed by atoms with Crippen LogP contribution >= 0.6 is 0 Å². The molecule has 1 saturated heterocycles. The summed E-state index contributed by atoms with van der Waals surface area (Å²) in [5.41, 5.74) is 0.601. The first kappa shape index (κ1) is 19.1. The fourth-order valence-corrected chi connectivity index (χ4v) is 3.67. The molecule has 2 heterocycles. The molecular weight excluding hydrogens is 349 g/mol. The monoisotopic (exact) mass is 373 g/mol. The zero-order valence-electron chi connectivity index (χ0n) is 15.6. The lowest BCUT2D eigenvalue weighted by Gasteiger charge is -2.41. The van der Waals surface area contributed by atoms with E-state index in [9.17, 15) is 14.0 Å². The van der Waals surface area contributed by atoms with Crippen LogP contribution in [0.4, 0.5) is 4.39 Å². The molecule has 1 atom stereocenters. The van der Waals surface area contributed by atoms with E-state index in [4.69, 9.17) is 4.74 Å². The van der Waals surface area contributed by atoms with Crippen LogP contribution in [-0.4, -0.2) is 46.7 Å². The minimum Gasteiger partial charge on any atom is -0.466 e. The minimum absolute atomic E-state index is 0.185. The van der Waals surface area contributed by atoms with Crippen LogP contribution in [0.1, 0.15) is 41.5 Å². The van der Waals surface area contributed by atoms with Crippen molar-refractivity contribution in [3.63, 3.8) is 0 Å². The number of hydrogen-bond acceptors (Lipinski definition) is 4. The van der Waals surface area contributed by atoms with Gasteiger partial charge >= 0.3 is 5.97 Å². The van der Waals surface area contributed by atoms with Crippen molar-refractivity contribution in [3.8, 4) is 0 Å². The Morgan fingerprint density at radius 1 is 1.37 bits per heavy atom. The van der Waals surface area contributed by atoms with Crippen LogP contribution in [0.2, 0.25) is 0 Å². The Labute approximate surface area is 157 Å². The molecule has 144 valence electrons. The summed E-state index contributed by atoms with van der Waals surface area (Å²) in [5, 5.41) is 6.79. The molecule has 1 aromatic heterocycles. The van der Waals surface area contributed by atoms with Crippen molar-refractivity contribution in [2.45, 2.75) is 33.1 Å². The summed E-state index contributed by atoms with van der Waals surface area (Å²) in [4.78, 5) is 27.3. The highest BCUT2D eigenvalue weighted by molar-refractivity contribution is 5.93. The van der Waals surface area contributed by atoms with E-state index in [1.165, 1.54) is 6.07 Å². The summed E-state index contributed by atoms with van der Waals surface area (Å²) >= 11 is 0. The maximum atomic E-state index is 14.2. The number of amides is 1. The summed E-state index contributed by atoms with van der Waals surface area (Å²) < 4.78 is 19.6. The Morgan fingerprint density at radius 2 is 2.15 bits per heavy atom. The molecule has 0 spiro atoms. The lowest BCUT2D eigenvalue weighted by Crippen LogP contribution is -2.51. The Balaban J connectivity index is 1.89. The lowest BCUT2D eigenvalue weighted by atomic mass is 9.75. The Kier molecular flexibility index (Phi) is 5.58. The molecule has 1 amide bonds. The fourth-order valence-electron chi connectivity index (χ4n) is 3.67. The molecule has 1 unspecified atom stereocenters. The van der Waals surface area contributed by atoms with Crippen LogP contribution < -0.4 is 0 Å². The number of benzene rings is 1. The van der Waals surface area contributed by atoms with Gasteiger partial charge in [0.05, 0.1) is 12.0 Å². The average molecular weight is 373 g/mol. The van der Waals surface area contributed by atoms with Gasteiger partial charge in [0.15, 0.2) is 0 Å². The molecule has 7 heteroatoms. The standard InChI is InChI=1S/C20H24FN3O3/c1-3-27-19(26)20(12-15-7-4-5-8-16(15)21)9-6-10-24(13-20)18(25)17-11-14(2)22-23-17/h4-5,7-8,11H,3,6,9-10,12-13H2,1-2H3,(H,22,23). The predicted molar refractivity (Wildman–Crippen MR) is 97.6 cm³/mol. The molecule has 1 N–H and O–H groups in total. The van der Waals surface area contributed by atoms with Crippen molar-refractivity contribution in [1.29, 1.82) is 0 Å². The molecular formula is C20H24FN3O3.